The predicted molar refractivity (Wildman–Crippen MR) is 35.2 cm³/mol. The lowest BCUT2D eigenvalue weighted by Gasteiger charge is -2.04. The number of hydrogen-bond acceptors (Lipinski definition) is 2. The summed E-state index contributed by atoms with van der Waals surface area (Å²) < 4.78 is 0. The molecule has 2 nitrogen and oxygen atoms in total. The molecule has 46 valence electrons. The van der Waals surface area contributed by atoms with Crippen molar-refractivity contribution in [3.8, 4) is 0 Å². The Hall–Kier alpha value is -0.0151. The lowest BCUT2D eigenvalue weighted by atomic mass is 9.45. The highest BCUT2D eigenvalue weighted by atomic mass is 16.7. The summed E-state index contributed by atoms with van der Waals surface area (Å²) in [4.78, 5) is 4.97. The molecule has 1 heterocycles. The number of hydroxylamine groups is 1. The Balaban J connectivity index is 2.24. The summed E-state index contributed by atoms with van der Waals surface area (Å²) in [6.07, 6.45) is 0. The zero-order valence-corrected chi connectivity index (χ0v) is 5.48. The van der Waals surface area contributed by atoms with Crippen molar-refractivity contribution in [3.05, 3.63) is 0 Å². The van der Waals surface area contributed by atoms with Gasteiger partial charge in [-0.1, -0.05) is 13.6 Å². The fourth-order valence-corrected chi connectivity index (χ4v) is 0.819. The second kappa shape index (κ2) is 2.51. The Kier molecular flexibility index (Phi) is 1.92. The molecule has 0 unspecified atom stereocenters. The monoisotopic (exact) mass is 113 g/mol. The van der Waals surface area contributed by atoms with Crippen LogP contribution in [0.3, 0.4) is 0 Å². The largest absolute Gasteiger partial charge is 0.302 e. The van der Waals surface area contributed by atoms with E-state index in [0.717, 1.165) is 25.7 Å². The van der Waals surface area contributed by atoms with Gasteiger partial charge in [0.05, 0.1) is 6.61 Å². The van der Waals surface area contributed by atoms with Gasteiger partial charge in [0.1, 0.15) is 6.71 Å². The molecule has 1 N–H and O–H groups in total. The number of rotatable bonds is 1. The molecule has 0 aliphatic carbocycles. The highest BCUT2D eigenvalue weighted by Gasteiger charge is 2.20. The lowest BCUT2D eigenvalue weighted by molar-refractivity contribution is 0.102. The molecule has 0 spiro atoms. The van der Waals surface area contributed by atoms with E-state index >= 15 is 0 Å². The molecule has 0 aromatic rings. The first-order valence-electron chi connectivity index (χ1n) is 3.15. The molecule has 1 saturated heterocycles. The van der Waals surface area contributed by atoms with Gasteiger partial charge in [-0.15, -0.1) is 0 Å². The zero-order valence-electron chi connectivity index (χ0n) is 5.48. The average molecular weight is 113 g/mol. The first-order valence-corrected chi connectivity index (χ1v) is 3.15. The Morgan fingerprint density at radius 2 is 2.38 bits per heavy atom. The molecule has 0 amide bonds. The van der Waals surface area contributed by atoms with Crippen LogP contribution in [0.5, 0.6) is 0 Å². The van der Waals surface area contributed by atoms with E-state index in [1.807, 2.05) is 0 Å². The van der Waals surface area contributed by atoms with Gasteiger partial charge in [-0.05, 0) is 5.82 Å². The van der Waals surface area contributed by atoms with Gasteiger partial charge in [0.2, 0.25) is 0 Å². The van der Waals surface area contributed by atoms with Crippen molar-refractivity contribution in [1.29, 1.82) is 0 Å². The van der Waals surface area contributed by atoms with Crippen LogP contribution in [0.1, 0.15) is 0 Å². The minimum absolute atomic E-state index is 0.731. The summed E-state index contributed by atoms with van der Waals surface area (Å²) >= 11 is 0. The van der Waals surface area contributed by atoms with Crippen LogP contribution < -0.4 is 5.48 Å². The molecule has 0 aromatic carbocycles. The van der Waals surface area contributed by atoms with E-state index < -0.39 is 0 Å². The Morgan fingerprint density at radius 1 is 1.62 bits per heavy atom. The van der Waals surface area contributed by atoms with Gasteiger partial charge in [0.15, 0.2) is 0 Å². The third kappa shape index (κ3) is 1.23. The van der Waals surface area contributed by atoms with Gasteiger partial charge >= 0.3 is 0 Å². The zero-order chi connectivity index (χ0) is 5.98. The van der Waals surface area contributed by atoms with Crippen molar-refractivity contribution >= 4 is 6.71 Å². The van der Waals surface area contributed by atoms with Crippen LogP contribution in [-0.2, 0) is 4.84 Å². The third-order valence-corrected chi connectivity index (χ3v) is 1.69. The lowest BCUT2D eigenvalue weighted by Crippen LogP contribution is -2.16. The van der Waals surface area contributed by atoms with Gasteiger partial charge in [-0.3, -0.25) is 0 Å². The maximum atomic E-state index is 4.97. The van der Waals surface area contributed by atoms with E-state index in [2.05, 4.69) is 19.1 Å². The smallest absolute Gasteiger partial charge is 0.141 e. The summed E-state index contributed by atoms with van der Waals surface area (Å²) in [7, 11) is 0. The normalized spacial score (nSPS) is 28.5. The molecule has 8 heavy (non-hydrogen) atoms. The maximum Gasteiger partial charge on any atom is 0.141 e. The molecule has 1 aliphatic heterocycles. The molecule has 1 fully saturated rings. The Bertz CT molecular complexity index is 70.8. The maximum absolute atomic E-state index is 4.97. The molecule has 0 radical (unpaired) electrons. The van der Waals surface area contributed by atoms with Gasteiger partial charge in [-0.25, -0.2) is 5.48 Å². The van der Waals surface area contributed by atoms with Gasteiger partial charge in [0, 0.05) is 6.54 Å². The minimum Gasteiger partial charge on any atom is -0.302 e. The molecule has 3 heteroatoms. The fraction of sp³-hybridized carbons (Fsp3) is 1.00. The van der Waals surface area contributed by atoms with Crippen LogP contribution in [0.25, 0.3) is 0 Å². The van der Waals surface area contributed by atoms with Crippen molar-refractivity contribution in [2.24, 2.45) is 0 Å². The molecule has 0 saturated carbocycles. The first-order chi connectivity index (χ1) is 3.80. The molecule has 1 rings (SSSR count). The van der Waals surface area contributed by atoms with E-state index in [-0.39, 0.29) is 0 Å². The topological polar surface area (TPSA) is 21.3 Å². The van der Waals surface area contributed by atoms with Crippen molar-refractivity contribution in [3.63, 3.8) is 0 Å². The fourth-order valence-electron chi connectivity index (χ4n) is 0.819. The second-order valence-corrected chi connectivity index (χ2v) is 2.66. The predicted octanol–water partition coefficient (Wildman–Crippen LogP) is 0.646. The first kappa shape index (κ1) is 6.11. The van der Waals surface area contributed by atoms with E-state index in [1.54, 1.807) is 0 Å². The highest BCUT2D eigenvalue weighted by molar-refractivity contribution is 6.57. The average Bonchev–Trinajstić information content (AvgIpc) is 2.12. The third-order valence-electron chi connectivity index (χ3n) is 1.69. The number of hydrogen-bond donors (Lipinski definition) is 1. The van der Waals surface area contributed by atoms with E-state index in [1.165, 1.54) is 0 Å². The van der Waals surface area contributed by atoms with Crippen molar-refractivity contribution in [2.45, 2.75) is 19.5 Å². The summed E-state index contributed by atoms with van der Waals surface area (Å²) in [5.41, 5.74) is 2.85. The molecule has 1 aliphatic rings. The quantitative estimate of drug-likeness (QED) is 0.504. The van der Waals surface area contributed by atoms with Gasteiger partial charge in [0.25, 0.3) is 0 Å². The summed E-state index contributed by atoms with van der Waals surface area (Å²) in [6.45, 7) is 7.11. The summed E-state index contributed by atoms with van der Waals surface area (Å²) in [6, 6.07) is 0. The standard InChI is InChI=1S/C5H12BNO/c1-6(2)5-3-7-8-4-5/h5,7H,3-4H2,1-2H3/t5-/m0/s1. The SMILES string of the molecule is CB(C)[C@H]1CNOC1. The van der Waals surface area contributed by atoms with Crippen molar-refractivity contribution < 1.29 is 4.84 Å². The van der Waals surface area contributed by atoms with Gasteiger partial charge < -0.3 is 4.84 Å². The van der Waals surface area contributed by atoms with Crippen molar-refractivity contribution in [1.82, 2.24) is 5.48 Å². The van der Waals surface area contributed by atoms with Crippen LogP contribution in [0.4, 0.5) is 0 Å². The van der Waals surface area contributed by atoms with Crippen LogP contribution >= 0.6 is 0 Å². The van der Waals surface area contributed by atoms with E-state index in [0.29, 0.717) is 0 Å². The molecular weight excluding hydrogens is 101 g/mol. The summed E-state index contributed by atoms with van der Waals surface area (Å²) in [5.74, 6) is 0.731. The highest BCUT2D eigenvalue weighted by Crippen LogP contribution is 2.12. The summed E-state index contributed by atoms with van der Waals surface area (Å²) in [5, 5.41) is 0. The number of nitrogens with one attached hydrogen (secondary N) is 1. The van der Waals surface area contributed by atoms with Crippen molar-refractivity contribution in [2.75, 3.05) is 13.2 Å². The van der Waals surface area contributed by atoms with E-state index in [4.69, 9.17) is 4.84 Å². The molecular formula is C5H12BNO. The minimum atomic E-state index is 0.731. The second-order valence-electron chi connectivity index (χ2n) is 2.66. The molecule has 0 bridgehead atoms. The Labute approximate surface area is 50.6 Å². The van der Waals surface area contributed by atoms with Crippen LogP contribution in [0, 0.1) is 0 Å². The van der Waals surface area contributed by atoms with Crippen LogP contribution in [-0.4, -0.2) is 19.9 Å². The van der Waals surface area contributed by atoms with Crippen LogP contribution in [0.2, 0.25) is 19.5 Å². The van der Waals surface area contributed by atoms with E-state index in [9.17, 15) is 0 Å². The van der Waals surface area contributed by atoms with Crippen LogP contribution in [0.15, 0.2) is 0 Å². The Morgan fingerprint density at radius 3 is 2.62 bits per heavy atom. The molecule has 0 aromatic heterocycles. The molecule has 1 atom stereocenters. The van der Waals surface area contributed by atoms with Gasteiger partial charge in [-0.2, -0.15) is 0 Å².